The molecule has 0 aliphatic heterocycles. The zero-order valence-corrected chi connectivity index (χ0v) is 17.4. The second-order valence-electron chi connectivity index (χ2n) is 10.5. The molecule has 0 spiro atoms. The molecular weight excluding hydrogens is 316 g/mol. The van der Waals surface area contributed by atoms with E-state index in [0.717, 1.165) is 48.9 Å². The molecule has 0 radical (unpaired) electrons. The molecular formula is C25H38O. The van der Waals surface area contributed by atoms with Gasteiger partial charge in [0.1, 0.15) is 0 Å². The Morgan fingerprint density at radius 3 is 2.73 bits per heavy atom. The summed E-state index contributed by atoms with van der Waals surface area (Å²) in [7, 11) is 0. The molecule has 1 nitrogen and oxygen atoms in total. The highest BCUT2D eigenvalue weighted by Gasteiger charge is 2.59. The standard InChI is InChI=1S/C25H38O/c1-5-6-7-17(2)21-10-11-22-20-9-8-18-16-19(26)12-14-24(18,3)23(20)13-15-25(21,22)4/h8,17,19-23,26H,7,9-16H2,1-4H3/t17-,19+,20+,21-,22+,23+,24+,25-/m1/s1. The zero-order valence-electron chi connectivity index (χ0n) is 17.4. The highest BCUT2D eigenvalue weighted by molar-refractivity contribution is 5.25. The van der Waals surface area contributed by atoms with Crippen molar-refractivity contribution >= 4 is 0 Å². The van der Waals surface area contributed by atoms with E-state index in [1.807, 2.05) is 6.92 Å². The van der Waals surface area contributed by atoms with Gasteiger partial charge in [0.15, 0.2) is 0 Å². The fourth-order valence-corrected chi connectivity index (χ4v) is 8.02. The van der Waals surface area contributed by atoms with E-state index in [9.17, 15) is 5.11 Å². The Hall–Kier alpha value is -0.740. The minimum absolute atomic E-state index is 0.0869. The van der Waals surface area contributed by atoms with Crippen molar-refractivity contribution in [1.29, 1.82) is 0 Å². The molecule has 26 heavy (non-hydrogen) atoms. The molecule has 0 aromatic carbocycles. The Bertz CT molecular complexity index is 636. The van der Waals surface area contributed by atoms with Gasteiger partial charge in [0, 0.05) is 6.42 Å². The third-order valence-corrected chi connectivity index (χ3v) is 9.44. The average molecular weight is 355 g/mol. The molecule has 144 valence electrons. The Kier molecular flexibility index (Phi) is 4.80. The molecule has 0 heterocycles. The normalized spacial score (nSPS) is 48.3. The van der Waals surface area contributed by atoms with Crippen LogP contribution in [0.5, 0.6) is 0 Å². The number of rotatable bonds is 2. The van der Waals surface area contributed by atoms with Crippen LogP contribution >= 0.6 is 0 Å². The van der Waals surface area contributed by atoms with Gasteiger partial charge < -0.3 is 5.11 Å². The molecule has 3 saturated carbocycles. The molecule has 0 aromatic heterocycles. The van der Waals surface area contributed by atoms with E-state index in [1.165, 1.54) is 38.5 Å². The smallest absolute Gasteiger partial charge is 0.0577 e. The van der Waals surface area contributed by atoms with Gasteiger partial charge in [-0.1, -0.05) is 32.4 Å². The molecule has 4 aliphatic rings. The second kappa shape index (κ2) is 6.70. The minimum Gasteiger partial charge on any atom is -0.393 e. The quantitative estimate of drug-likeness (QED) is 0.478. The van der Waals surface area contributed by atoms with E-state index >= 15 is 0 Å². The van der Waals surface area contributed by atoms with E-state index in [-0.39, 0.29) is 6.10 Å². The lowest BCUT2D eigenvalue weighted by atomic mass is 9.47. The third kappa shape index (κ3) is 2.71. The largest absolute Gasteiger partial charge is 0.393 e. The van der Waals surface area contributed by atoms with Gasteiger partial charge in [0.2, 0.25) is 0 Å². The number of hydrogen-bond acceptors (Lipinski definition) is 1. The van der Waals surface area contributed by atoms with Gasteiger partial charge in [-0.05, 0) is 98.7 Å². The molecule has 0 aromatic rings. The molecule has 0 unspecified atom stereocenters. The van der Waals surface area contributed by atoms with Gasteiger partial charge in [0.05, 0.1) is 6.10 Å². The summed E-state index contributed by atoms with van der Waals surface area (Å²) in [6.07, 6.45) is 13.7. The maximum absolute atomic E-state index is 10.2. The summed E-state index contributed by atoms with van der Waals surface area (Å²) in [6.45, 7) is 9.60. The SMILES string of the molecule is CC#CC[C@@H](C)[C@H]1CC[C@H]2[C@@H]3CC=C4C[C@@H](O)CC[C@]4(C)[C@H]3CC[C@]12C. The first kappa shape index (κ1) is 18.6. The zero-order chi connectivity index (χ0) is 18.5. The monoisotopic (exact) mass is 354 g/mol. The molecule has 1 N–H and O–H groups in total. The van der Waals surface area contributed by atoms with Crippen molar-refractivity contribution in [3.05, 3.63) is 11.6 Å². The molecule has 1 heteroatoms. The third-order valence-electron chi connectivity index (χ3n) is 9.44. The van der Waals surface area contributed by atoms with Crippen molar-refractivity contribution in [2.24, 2.45) is 40.4 Å². The first-order chi connectivity index (χ1) is 12.4. The van der Waals surface area contributed by atoms with Crippen LogP contribution in [0, 0.1) is 52.3 Å². The van der Waals surface area contributed by atoms with E-state index < -0.39 is 0 Å². The van der Waals surface area contributed by atoms with Crippen LogP contribution in [0.25, 0.3) is 0 Å². The van der Waals surface area contributed by atoms with Gasteiger partial charge in [-0.25, -0.2) is 0 Å². The van der Waals surface area contributed by atoms with E-state index in [4.69, 9.17) is 0 Å². The Balaban J connectivity index is 1.58. The number of hydrogen-bond donors (Lipinski definition) is 1. The molecule has 8 atom stereocenters. The summed E-state index contributed by atoms with van der Waals surface area (Å²) < 4.78 is 0. The second-order valence-corrected chi connectivity index (χ2v) is 10.5. The van der Waals surface area contributed by atoms with Crippen molar-refractivity contribution in [2.45, 2.75) is 91.6 Å². The van der Waals surface area contributed by atoms with Crippen molar-refractivity contribution in [3.63, 3.8) is 0 Å². The van der Waals surface area contributed by atoms with E-state index in [2.05, 4.69) is 38.7 Å². The van der Waals surface area contributed by atoms with Crippen LogP contribution in [0.15, 0.2) is 11.6 Å². The van der Waals surface area contributed by atoms with Crippen LogP contribution in [-0.2, 0) is 0 Å². The molecule has 4 rings (SSSR count). The van der Waals surface area contributed by atoms with Gasteiger partial charge in [-0.15, -0.1) is 11.8 Å². The molecule has 0 amide bonds. The molecule has 4 aliphatic carbocycles. The lowest BCUT2D eigenvalue weighted by Crippen LogP contribution is -2.50. The first-order valence-electron chi connectivity index (χ1n) is 11.2. The molecule has 0 bridgehead atoms. The first-order valence-corrected chi connectivity index (χ1v) is 11.2. The Morgan fingerprint density at radius 1 is 1.15 bits per heavy atom. The Morgan fingerprint density at radius 2 is 1.96 bits per heavy atom. The topological polar surface area (TPSA) is 20.2 Å². The fraction of sp³-hybridized carbons (Fsp3) is 0.840. The van der Waals surface area contributed by atoms with Crippen LogP contribution < -0.4 is 0 Å². The highest BCUT2D eigenvalue weighted by atomic mass is 16.3. The maximum Gasteiger partial charge on any atom is 0.0577 e. The van der Waals surface area contributed by atoms with Gasteiger partial charge in [0.25, 0.3) is 0 Å². The van der Waals surface area contributed by atoms with E-state index in [0.29, 0.717) is 10.8 Å². The minimum atomic E-state index is -0.0869. The van der Waals surface area contributed by atoms with Gasteiger partial charge >= 0.3 is 0 Å². The number of allylic oxidation sites excluding steroid dienone is 1. The van der Waals surface area contributed by atoms with Crippen LogP contribution in [0.3, 0.4) is 0 Å². The molecule has 0 saturated heterocycles. The van der Waals surface area contributed by atoms with Crippen LogP contribution in [0.1, 0.15) is 85.5 Å². The lowest BCUT2D eigenvalue weighted by molar-refractivity contribution is -0.0563. The maximum atomic E-state index is 10.2. The Labute approximate surface area is 161 Å². The lowest BCUT2D eigenvalue weighted by Gasteiger charge is -2.58. The summed E-state index contributed by atoms with van der Waals surface area (Å²) >= 11 is 0. The highest BCUT2D eigenvalue weighted by Crippen LogP contribution is 2.67. The van der Waals surface area contributed by atoms with Crippen LogP contribution in [0.4, 0.5) is 0 Å². The summed E-state index contributed by atoms with van der Waals surface area (Å²) in [5, 5.41) is 10.2. The average Bonchev–Trinajstić information content (AvgIpc) is 2.97. The number of aliphatic hydroxyl groups excluding tert-OH is 1. The summed E-state index contributed by atoms with van der Waals surface area (Å²) in [6, 6.07) is 0. The fourth-order valence-electron chi connectivity index (χ4n) is 8.02. The number of aliphatic hydroxyl groups is 1. The van der Waals surface area contributed by atoms with Crippen molar-refractivity contribution in [2.75, 3.05) is 0 Å². The van der Waals surface area contributed by atoms with E-state index in [1.54, 1.807) is 5.57 Å². The predicted octanol–water partition coefficient (Wildman–Crippen LogP) is 5.98. The van der Waals surface area contributed by atoms with Gasteiger partial charge in [-0.3, -0.25) is 0 Å². The van der Waals surface area contributed by atoms with Crippen LogP contribution in [-0.4, -0.2) is 11.2 Å². The summed E-state index contributed by atoms with van der Waals surface area (Å²) in [5.74, 6) is 10.7. The summed E-state index contributed by atoms with van der Waals surface area (Å²) in [4.78, 5) is 0. The number of fused-ring (bicyclic) bond motifs is 5. The van der Waals surface area contributed by atoms with Crippen molar-refractivity contribution < 1.29 is 5.11 Å². The molecule has 3 fully saturated rings. The van der Waals surface area contributed by atoms with Gasteiger partial charge in [-0.2, -0.15) is 0 Å². The van der Waals surface area contributed by atoms with Crippen molar-refractivity contribution in [3.8, 4) is 11.8 Å². The predicted molar refractivity (Wildman–Crippen MR) is 108 cm³/mol. The summed E-state index contributed by atoms with van der Waals surface area (Å²) in [5.41, 5.74) is 2.51. The van der Waals surface area contributed by atoms with Crippen LogP contribution in [0.2, 0.25) is 0 Å². The van der Waals surface area contributed by atoms with Crippen molar-refractivity contribution in [1.82, 2.24) is 0 Å².